The molecule has 164 valence electrons. The maximum absolute atomic E-state index is 12.6. The van der Waals surface area contributed by atoms with Crippen molar-refractivity contribution in [3.63, 3.8) is 0 Å². The van der Waals surface area contributed by atoms with Crippen LogP contribution in [0.1, 0.15) is 28.8 Å². The first-order valence-corrected chi connectivity index (χ1v) is 12.1. The van der Waals surface area contributed by atoms with E-state index in [1.165, 1.54) is 10.4 Å². The van der Waals surface area contributed by atoms with E-state index in [9.17, 15) is 4.79 Å². The predicted molar refractivity (Wildman–Crippen MR) is 124 cm³/mol. The number of thiophene rings is 1. The molecule has 2 saturated heterocycles. The fraction of sp³-hybridized carbons (Fsp3) is 0.500. The summed E-state index contributed by atoms with van der Waals surface area (Å²) >= 11 is 1.83. The van der Waals surface area contributed by atoms with Gasteiger partial charge in [0.05, 0.1) is 11.6 Å². The highest BCUT2D eigenvalue weighted by Crippen LogP contribution is 2.20. The molecular weight excluding hydrogens is 406 g/mol. The number of carbonyl (C=O) groups is 1. The highest BCUT2D eigenvalue weighted by Gasteiger charge is 2.23. The summed E-state index contributed by atoms with van der Waals surface area (Å²) in [4.78, 5) is 20.9. The molecule has 2 aliphatic rings. The molecule has 31 heavy (non-hydrogen) atoms. The van der Waals surface area contributed by atoms with Crippen LogP contribution in [0.25, 0.3) is 0 Å². The summed E-state index contributed by atoms with van der Waals surface area (Å²) in [5.41, 5.74) is 1.90. The van der Waals surface area contributed by atoms with Gasteiger partial charge in [-0.2, -0.15) is 5.26 Å². The van der Waals surface area contributed by atoms with Gasteiger partial charge in [-0.05, 0) is 61.0 Å². The number of urea groups is 1. The van der Waals surface area contributed by atoms with E-state index in [2.05, 4.69) is 38.7 Å². The van der Waals surface area contributed by atoms with Gasteiger partial charge in [0, 0.05) is 50.7 Å². The molecule has 0 spiro atoms. The van der Waals surface area contributed by atoms with Crippen LogP contribution in [0.3, 0.4) is 0 Å². The van der Waals surface area contributed by atoms with Gasteiger partial charge in [-0.1, -0.05) is 18.2 Å². The summed E-state index contributed by atoms with van der Waals surface area (Å²) in [7, 11) is 0. The first kappa shape index (κ1) is 21.8. The number of carbonyl (C=O) groups excluding carboxylic acids is 1. The van der Waals surface area contributed by atoms with Crippen LogP contribution >= 0.6 is 11.3 Å². The maximum atomic E-state index is 12.6. The maximum Gasteiger partial charge on any atom is 0.317 e. The molecule has 2 fully saturated rings. The van der Waals surface area contributed by atoms with E-state index >= 15 is 0 Å². The van der Waals surface area contributed by atoms with E-state index in [0.717, 1.165) is 71.7 Å². The van der Waals surface area contributed by atoms with Crippen LogP contribution in [0.5, 0.6) is 0 Å². The first-order chi connectivity index (χ1) is 15.2. The minimum atomic E-state index is 0.0824. The summed E-state index contributed by atoms with van der Waals surface area (Å²) < 4.78 is 0. The van der Waals surface area contributed by atoms with Crippen LogP contribution in [0.15, 0.2) is 41.8 Å². The molecule has 3 heterocycles. The lowest BCUT2D eigenvalue weighted by Gasteiger charge is -2.35. The zero-order valence-electron chi connectivity index (χ0n) is 18.0. The van der Waals surface area contributed by atoms with Gasteiger partial charge in [0.1, 0.15) is 0 Å². The Labute approximate surface area is 189 Å². The number of benzene rings is 1. The predicted octanol–water partition coefficient (Wildman–Crippen LogP) is 3.36. The van der Waals surface area contributed by atoms with E-state index in [-0.39, 0.29) is 6.03 Å². The van der Waals surface area contributed by atoms with E-state index in [1.807, 2.05) is 40.5 Å². The third-order valence-electron chi connectivity index (χ3n) is 6.36. The topological polar surface area (TPSA) is 62.6 Å². The Balaban J connectivity index is 1.12. The normalized spacial score (nSPS) is 18.6. The average Bonchev–Trinajstić information content (AvgIpc) is 3.32. The second-order valence-corrected chi connectivity index (χ2v) is 9.59. The van der Waals surface area contributed by atoms with Crippen molar-refractivity contribution in [2.24, 2.45) is 5.92 Å². The minimum absolute atomic E-state index is 0.0824. The molecule has 0 unspecified atom stereocenters. The Morgan fingerprint density at radius 1 is 1.00 bits per heavy atom. The monoisotopic (exact) mass is 437 g/mol. The molecule has 7 heteroatoms. The molecule has 0 aliphatic carbocycles. The summed E-state index contributed by atoms with van der Waals surface area (Å²) in [6.45, 7) is 8.25. The molecule has 0 bridgehead atoms. The van der Waals surface area contributed by atoms with E-state index in [1.54, 1.807) is 0 Å². The van der Waals surface area contributed by atoms with Crippen molar-refractivity contribution in [2.45, 2.75) is 25.9 Å². The van der Waals surface area contributed by atoms with E-state index in [4.69, 9.17) is 5.26 Å². The standard InChI is InChI=1S/C24H31N5OS/c25-16-20-3-5-22(6-4-20)18-28-11-13-29(14-12-28)24(30)26-17-21-7-9-27(10-8-21)19-23-2-1-15-31-23/h1-6,15,21H,7-14,17-19H2,(H,26,30). The first-order valence-electron chi connectivity index (χ1n) is 11.2. The quantitative estimate of drug-likeness (QED) is 0.753. The zero-order valence-corrected chi connectivity index (χ0v) is 18.8. The second-order valence-electron chi connectivity index (χ2n) is 8.56. The molecule has 6 nitrogen and oxygen atoms in total. The van der Waals surface area contributed by atoms with E-state index < -0.39 is 0 Å². The number of hydrogen-bond donors (Lipinski definition) is 1. The number of hydrogen-bond acceptors (Lipinski definition) is 5. The molecule has 1 N–H and O–H groups in total. The lowest BCUT2D eigenvalue weighted by atomic mass is 9.97. The Morgan fingerprint density at radius 2 is 1.71 bits per heavy atom. The lowest BCUT2D eigenvalue weighted by Crippen LogP contribution is -2.52. The fourth-order valence-corrected chi connectivity index (χ4v) is 5.11. The summed E-state index contributed by atoms with van der Waals surface area (Å²) in [6, 6.07) is 14.3. The van der Waals surface area contributed by atoms with Crippen LogP contribution in [0.2, 0.25) is 0 Å². The van der Waals surface area contributed by atoms with Crippen LogP contribution in [0.4, 0.5) is 4.79 Å². The summed E-state index contributed by atoms with van der Waals surface area (Å²) in [5.74, 6) is 0.584. The van der Waals surface area contributed by atoms with Crippen molar-refractivity contribution in [1.82, 2.24) is 20.0 Å². The zero-order chi connectivity index (χ0) is 21.5. The SMILES string of the molecule is N#Cc1ccc(CN2CCN(C(=O)NCC3CCN(Cc4cccs4)CC3)CC2)cc1. The molecule has 0 saturated carbocycles. The van der Waals surface area contributed by atoms with Crippen LogP contribution in [-0.2, 0) is 13.1 Å². The third kappa shape index (κ3) is 6.30. The average molecular weight is 438 g/mol. The number of nitrogens with one attached hydrogen (secondary N) is 1. The van der Waals surface area contributed by atoms with Gasteiger partial charge in [0.2, 0.25) is 0 Å². The molecule has 4 rings (SSSR count). The van der Waals surface area contributed by atoms with Gasteiger partial charge < -0.3 is 10.2 Å². The second kappa shape index (κ2) is 10.8. The highest BCUT2D eigenvalue weighted by molar-refractivity contribution is 7.09. The van der Waals surface area contributed by atoms with Crippen molar-refractivity contribution < 1.29 is 4.79 Å². The Hall–Kier alpha value is -2.40. The lowest BCUT2D eigenvalue weighted by molar-refractivity contribution is 0.131. The van der Waals surface area contributed by atoms with Crippen molar-refractivity contribution in [3.8, 4) is 6.07 Å². The Kier molecular flexibility index (Phi) is 7.57. The molecule has 2 aromatic rings. The molecule has 2 amide bonds. The van der Waals surface area contributed by atoms with Gasteiger partial charge in [-0.3, -0.25) is 9.80 Å². The Bertz CT molecular complexity index is 860. The molecule has 2 aliphatic heterocycles. The summed E-state index contributed by atoms with van der Waals surface area (Å²) in [6.07, 6.45) is 2.31. The number of likely N-dealkylation sites (tertiary alicyclic amines) is 1. The van der Waals surface area contributed by atoms with Crippen molar-refractivity contribution in [2.75, 3.05) is 45.8 Å². The van der Waals surface area contributed by atoms with Crippen molar-refractivity contribution >= 4 is 17.4 Å². The Morgan fingerprint density at radius 3 is 2.35 bits per heavy atom. The number of nitrogens with zero attached hydrogens (tertiary/aromatic N) is 4. The van der Waals surface area contributed by atoms with Crippen LogP contribution in [0, 0.1) is 17.2 Å². The molecule has 0 radical (unpaired) electrons. The summed E-state index contributed by atoms with van der Waals surface area (Å²) in [5, 5.41) is 14.2. The smallest absolute Gasteiger partial charge is 0.317 e. The van der Waals surface area contributed by atoms with Gasteiger partial charge in [0.15, 0.2) is 0 Å². The fourth-order valence-electron chi connectivity index (χ4n) is 4.37. The van der Waals surface area contributed by atoms with Gasteiger partial charge in [0.25, 0.3) is 0 Å². The van der Waals surface area contributed by atoms with Crippen LogP contribution < -0.4 is 5.32 Å². The number of nitriles is 1. The van der Waals surface area contributed by atoms with Crippen molar-refractivity contribution in [3.05, 3.63) is 57.8 Å². The molecule has 1 aromatic heterocycles. The minimum Gasteiger partial charge on any atom is -0.338 e. The number of piperidine rings is 1. The van der Waals surface area contributed by atoms with Crippen LogP contribution in [-0.4, -0.2) is 66.5 Å². The van der Waals surface area contributed by atoms with E-state index in [0.29, 0.717) is 11.5 Å². The number of amides is 2. The molecular formula is C24H31N5OS. The number of piperazine rings is 1. The van der Waals surface area contributed by atoms with Gasteiger partial charge in [-0.15, -0.1) is 11.3 Å². The van der Waals surface area contributed by atoms with Crippen molar-refractivity contribution in [1.29, 1.82) is 5.26 Å². The number of rotatable bonds is 6. The van der Waals surface area contributed by atoms with Gasteiger partial charge in [-0.25, -0.2) is 4.79 Å². The highest BCUT2D eigenvalue weighted by atomic mass is 32.1. The van der Waals surface area contributed by atoms with Gasteiger partial charge >= 0.3 is 6.03 Å². The molecule has 0 atom stereocenters. The largest absolute Gasteiger partial charge is 0.338 e. The third-order valence-corrected chi connectivity index (χ3v) is 7.22. The molecule has 1 aromatic carbocycles.